The van der Waals surface area contributed by atoms with Gasteiger partial charge in [-0.05, 0) is 42.2 Å². The molecule has 1 aromatic rings. The van der Waals surface area contributed by atoms with Crippen LogP contribution in [0.3, 0.4) is 0 Å². The fourth-order valence-electron chi connectivity index (χ4n) is 3.18. The average molecular weight is 292 g/mol. The molecule has 2 rings (SSSR count). The molecule has 1 fully saturated rings. The quantitative estimate of drug-likeness (QED) is 0.909. The highest BCUT2D eigenvalue weighted by Crippen LogP contribution is 2.37. The summed E-state index contributed by atoms with van der Waals surface area (Å²) in [6.45, 7) is 10.8. The largest absolute Gasteiger partial charge is 0.369 e. The third kappa shape index (κ3) is 3.76. The van der Waals surface area contributed by atoms with Crippen LogP contribution >= 0.6 is 0 Å². The van der Waals surface area contributed by atoms with Crippen molar-refractivity contribution < 1.29 is 4.39 Å². The molecule has 0 aromatic heterocycles. The van der Waals surface area contributed by atoms with E-state index in [0.29, 0.717) is 5.92 Å². The fraction of sp³-hybridized carbons (Fsp3) is 0.667. The van der Waals surface area contributed by atoms with Gasteiger partial charge in [-0.15, -0.1) is 0 Å². The lowest BCUT2D eigenvalue weighted by Crippen LogP contribution is -2.28. The number of para-hydroxylation sites is 1. The number of hydrogen-bond acceptors (Lipinski definition) is 2. The Kier molecular flexibility index (Phi) is 4.92. The number of hydrogen-bond donors (Lipinski definition) is 1. The molecule has 1 aromatic carbocycles. The Bertz CT molecular complexity index is 479. The maximum Gasteiger partial charge on any atom is 0.146 e. The molecule has 2 nitrogen and oxygen atoms in total. The lowest BCUT2D eigenvalue weighted by atomic mass is 9.80. The average Bonchev–Trinajstić information content (AvgIpc) is 2.88. The Morgan fingerprint density at radius 3 is 2.67 bits per heavy atom. The zero-order chi connectivity index (χ0) is 15.6. The van der Waals surface area contributed by atoms with Crippen molar-refractivity contribution in [3.05, 3.63) is 29.6 Å². The zero-order valence-electron chi connectivity index (χ0n) is 13.8. The molecule has 1 aliphatic heterocycles. The van der Waals surface area contributed by atoms with Crippen LogP contribution in [0.5, 0.6) is 0 Å². The molecule has 1 heterocycles. The van der Waals surface area contributed by atoms with E-state index in [9.17, 15) is 4.39 Å². The third-order valence-corrected chi connectivity index (χ3v) is 4.81. The van der Waals surface area contributed by atoms with E-state index in [-0.39, 0.29) is 17.3 Å². The van der Waals surface area contributed by atoms with Gasteiger partial charge in [0.1, 0.15) is 5.82 Å². The third-order valence-electron chi connectivity index (χ3n) is 4.81. The van der Waals surface area contributed by atoms with Crippen LogP contribution < -0.4 is 10.6 Å². The van der Waals surface area contributed by atoms with Gasteiger partial charge in [0.05, 0.1) is 5.69 Å². The number of anilines is 1. The van der Waals surface area contributed by atoms with Gasteiger partial charge >= 0.3 is 0 Å². The van der Waals surface area contributed by atoms with Crippen LogP contribution in [-0.2, 0) is 6.42 Å². The molecule has 3 heteroatoms. The van der Waals surface area contributed by atoms with Crippen molar-refractivity contribution in [2.45, 2.75) is 53.0 Å². The molecule has 0 amide bonds. The molecule has 1 saturated heterocycles. The Labute approximate surface area is 128 Å². The second-order valence-corrected chi connectivity index (χ2v) is 7.42. The summed E-state index contributed by atoms with van der Waals surface area (Å²) in [5.41, 5.74) is 8.20. The molecule has 2 atom stereocenters. The first-order chi connectivity index (χ1) is 9.82. The predicted octanol–water partition coefficient (Wildman–Crippen LogP) is 3.98. The summed E-state index contributed by atoms with van der Waals surface area (Å²) in [6, 6.07) is 5.50. The Morgan fingerprint density at radius 1 is 1.38 bits per heavy atom. The normalized spacial score (nSPS) is 20.9. The first-order valence-corrected chi connectivity index (χ1v) is 8.10. The molecule has 2 unspecified atom stereocenters. The van der Waals surface area contributed by atoms with Gasteiger partial charge < -0.3 is 10.6 Å². The van der Waals surface area contributed by atoms with E-state index in [1.165, 1.54) is 0 Å². The van der Waals surface area contributed by atoms with Crippen molar-refractivity contribution in [1.29, 1.82) is 0 Å². The molecule has 0 radical (unpaired) electrons. The van der Waals surface area contributed by atoms with Crippen molar-refractivity contribution >= 4 is 5.69 Å². The van der Waals surface area contributed by atoms with Crippen LogP contribution in [0.4, 0.5) is 10.1 Å². The van der Waals surface area contributed by atoms with Crippen LogP contribution in [0.25, 0.3) is 0 Å². The van der Waals surface area contributed by atoms with Gasteiger partial charge in [-0.2, -0.15) is 0 Å². The van der Waals surface area contributed by atoms with Crippen LogP contribution in [0.1, 0.15) is 46.1 Å². The van der Waals surface area contributed by atoms with Gasteiger partial charge in [-0.3, -0.25) is 0 Å². The van der Waals surface area contributed by atoms with Crippen molar-refractivity contribution in [1.82, 2.24) is 0 Å². The molecule has 118 valence electrons. The summed E-state index contributed by atoms with van der Waals surface area (Å²) in [6.07, 6.45) is 2.80. The highest BCUT2D eigenvalue weighted by Gasteiger charge is 2.33. The molecule has 0 aliphatic carbocycles. The van der Waals surface area contributed by atoms with Gasteiger partial charge in [0, 0.05) is 19.1 Å². The Balaban J connectivity index is 2.23. The van der Waals surface area contributed by atoms with Gasteiger partial charge in [0.15, 0.2) is 0 Å². The molecule has 0 bridgehead atoms. The Morgan fingerprint density at radius 2 is 2.10 bits per heavy atom. The van der Waals surface area contributed by atoms with Crippen molar-refractivity contribution in [3.63, 3.8) is 0 Å². The fourth-order valence-corrected chi connectivity index (χ4v) is 3.18. The smallest absolute Gasteiger partial charge is 0.146 e. The summed E-state index contributed by atoms with van der Waals surface area (Å²) in [4.78, 5) is 2.23. The number of halogens is 1. The van der Waals surface area contributed by atoms with E-state index < -0.39 is 0 Å². The molecule has 0 spiro atoms. The van der Waals surface area contributed by atoms with E-state index in [4.69, 9.17) is 5.73 Å². The lowest BCUT2D eigenvalue weighted by Gasteiger charge is -2.28. The van der Waals surface area contributed by atoms with Crippen molar-refractivity contribution in [3.8, 4) is 0 Å². The lowest BCUT2D eigenvalue weighted by molar-refractivity contribution is 0.263. The van der Waals surface area contributed by atoms with Crippen LogP contribution in [0.2, 0.25) is 0 Å². The SMILES string of the molecule is CCC(N)Cc1cccc(F)c1N1CCC(C(C)(C)C)C1. The number of rotatable bonds is 4. The first-order valence-electron chi connectivity index (χ1n) is 8.10. The highest BCUT2D eigenvalue weighted by atomic mass is 19.1. The van der Waals surface area contributed by atoms with E-state index >= 15 is 0 Å². The van der Waals surface area contributed by atoms with Gasteiger partial charge in [-0.25, -0.2) is 4.39 Å². The maximum absolute atomic E-state index is 14.4. The number of benzene rings is 1. The topological polar surface area (TPSA) is 29.3 Å². The van der Waals surface area contributed by atoms with E-state index in [2.05, 4.69) is 32.6 Å². The monoisotopic (exact) mass is 292 g/mol. The highest BCUT2D eigenvalue weighted by molar-refractivity contribution is 5.56. The minimum Gasteiger partial charge on any atom is -0.369 e. The standard InChI is InChI=1S/C18H29FN2/c1-5-15(20)11-13-7-6-8-16(19)17(13)21-10-9-14(12-21)18(2,3)4/h6-8,14-15H,5,9-12,20H2,1-4H3. The van der Waals surface area contributed by atoms with Gasteiger partial charge in [0.25, 0.3) is 0 Å². The first kappa shape index (κ1) is 16.3. The minimum absolute atomic E-state index is 0.103. The van der Waals surface area contributed by atoms with Crippen molar-refractivity contribution in [2.75, 3.05) is 18.0 Å². The summed E-state index contributed by atoms with van der Waals surface area (Å²) in [7, 11) is 0. The van der Waals surface area contributed by atoms with Gasteiger partial charge in [-0.1, -0.05) is 39.8 Å². The van der Waals surface area contributed by atoms with E-state index in [0.717, 1.165) is 43.6 Å². The summed E-state index contributed by atoms with van der Waals surface area (Å²) < 4.78 is 14.4. The minimum atomic E-state index is -0.106. The summed E-state index contributed by atoms with van der Waals surface area (Å²) in [5.74, 6) is 0.509. The van der Waals surface area contributed by atoms with Gasteiger partial charge in [0.2, 0.25) is 0 Å². The molecular weight excluding hydrogens is 263 g/mol. The molecular formula is C18H29FN2. The second kappa shape index (κ2) is 6.35. The van der Waals surface area contributed by atoms with Crippen molar-refractivity contribution in [2.24, 2.45) is 17.1 Å². The number of nitrogens with zero attached hydrogens (tertiary/aromatic N) is 1. The van der Waals surface area contributed by atoms with Crippen LogP contribution in [-0.4, -0.2) is 19.1 Å². The molecule has 21 heavy (non-hydrogen) atoms. The van der Waals surface area contributed by atoms with Crippen LogP contribution in [0, 0.1) is 17.2 Å². The second-order valence-electron chi connectivity index (χ2n) is 7.42. The predicted molar refractivity (Wildman–Crippen MR) is 88.1 cm³/mol. The molecule has 0 saturated carbocycles. The maximum atomic E-state index is 14.4. The van der Waals surface area contributed by atoms with Crippen LogP contribution in [0.15, 0.2) is 18.2 Å². The molecule has 2 N–H and O–H groups in total. The van der Waals surface area contributed by atoms with E-state index in [1.807, 2.05) is 6.07 Å². The number of nitrogens with two attached hydrogens (primary N) is 1. The summed E-state index contributed by atoms with van der Waals surface area (Å²) >= 11 is 0. The molecule has 1 aliphatic rings. The van der Waals surface area contributed by atoms with E-state index in [1.54, 1.807) is 12.1 Å². The summed E-state index contributed by atoms with van der Waals surface area (Å²) in [5, 5.41) is 0. The Hall–Kier alpha value is -1.09. The zero-order valence-corrected chi connectivity index (χ0v) is 13.8.